The number of hydrogen-bond donors (Lipinski definition) is 2. The van der Waals surface area contributed by atoms with Gasteiger partial charge in [0.05, 0.1) is 44.8 Å². The lowest BCUT2D eigenvalue weighted by Gasteiger charge is -2.39. The molecule has 13 heteroatoms. The van der Waals surface area contributed by atoms with E-state index >= 15 is 0 Å². The number of nitrogens with zero attached hydrogens (tertiary/aromatic N) is 5. The Morgan fingerprint density at radius 1 is 1.14 bits per heavy atom. The highest BCUT2D eigenvalue weighted by Gasteiger charge is 2.35. The van der Waals surface area contributed by atoms with Crippen molar-refractivity contribution >= 4 is 55.4 Å². The molecule has 6 aromatic rings. The number of piperidine rings is 1. The molecule has 10 nitrogen and oxygen atoms in total. The first-order valence-electron chi connectivity index (χ1n) is 17.1. The van der Waals surface area contributed by atoms with Crippen molar-refractivity contribution < 1.29 is 18.7 Å². The number of imidazole rings is 1. The zero-order valence-corrected chi connectivity index (χ0v) is 29.8. The molecule has 0 unspecified atom stereocenters. The van der Waals surface area contributed by atoms with E-state index in [2.05, 4.69) is 35.2 Å². The Balaban J connectivity index is 0.955. The fourth-order valence-electron chi connectivity index (χ4n) is 6.97. The van der Waals surface area contributed by atoms with Crippen LogP contribution in [0.1, 0.15) is 58.2 Å². The van der Waals surface area contributed by atoms with Gasteiger partial charge in [0.15, 0.2) is 0 Å². The molecule has 2 aliphatic heterocycles. The third-order valence-corrected chi connectivity index (χ3v) is 10.7. The molecule has 1 atom stereocenters. The third kappa shape index (κ3) is 7.14. The first-order valence-corrected chi connectivity index (χ1v) is 18.0. The van der Waals surface area contributed by atoms with E-state index in [1.54, 1.807) is 24.4 Å². The molecular weight excluding hydrogens is 685 g/mol. The fraction of sp³-hybridized carbons (Fsp3) is 0.316. The van der Waals surface area contributed by atoms with Crippen LogP contribution in [0.25, 0.3) is 21.9 Å². The predicted octanol–water partition coefficient (Wildman–Crippen LogP) is 6.90. The lowest BCUT2D eigenvalue weighted by Crippen LogP contribution is -2.48. The van der Waals surface area contributed by atoms with Gasteiger partial charge in [-0.2, -0.15) is 5.10 Å². The largest absolute Gasteiger partial charge is 0.473 e. The molecule has 2 aliphatic rings. The van der Waals surface area contributed by atoms with Crippen LogP contribution in [0.2, 0.25) is 5.02 Å². The summed E-state index contributed by atoms with van der Waals surface area (Å²) in [5.74, 6) is 1.09. The van der Waals surface area contributed by atoms with E-state index in [4.69, 9.17) is 31.0 Å². The molecule has 3 radical (unpaired) electrons. The van der Waals surface area contributed by atoms with E-state index in [9.17, 15) is 9.18 Å². The first kappa shape index (κ1) is 33.5. The molecule has 0 bridgehead atoms. The topological polar surface area (TPSA) is 110 Å². The SMILES string of the molecule is Cc1cc(NC(=O)c2ccc3c(c2)nc(CN2CCC(c4cccc(OCc5ccc(Cl)cc5F)n4)CC2)n3C[C@]2([Si])CCO2)cc2cn[nH]c12. The second-order valence-corrected chi connectivity index (χ2v) is 14.8. The normalized spacial score (nSPS) is 18.3. The summed E-state index contributed by atoms with van der Waals surface area (Å²) in [6.07, 6.45) is 4.52. The summed E-state index contributed by atoms with van der Waals surface area (Å²) < 4.78 is 28.2. The molecule has 259 valence electrons. The van der Waals surface area contributed by atoms with Crippen LogP contribution in [0.3, 0.4) is 0 Å². The van der Waals surface area contributed by atoms with Crippen LogP contribution >= 0.6 is 11.6 Å². The van der Waals surface area contributed by atoms with Gasteiger partial charge < -0.3 is 19.4 Å². The van der Waals surface area contributed by atoms with Crippen LogP contribution in [0, 0.1) is 12.7 Å². The molecular formula is C38H36ClFN7O3Si. The van der Waals surface area contributed by atoms with Gasteiger partial charge in [-0.3, -0.25) is 14.8 Å². The van der Waals surface area contributed by atoms with Gasteiger partial charge in [-0.1, -0.05) is 23.7 Å². The first-order chi connectivity index (χ1) is 24.7. The smallest absolute Gasteiger partial charge is 0.255 e. The highest BCUT2D eigenvalue weighted by atomic mass is 35.5. The molecule has 5 heterocycles. The van der Waals surface area contributed by atoms with Crippen molar-refractivity contribution in [2.45, 2.75) is 57.0 Å². The molecule has 8 rings (SSSR count). The van der Waals surface area contributed by atoms with Gasteiger partial charge >= 0.3 is 0 Å². The molecule has 2 N–H and O–H groups in total. The molecule has 3 aromatic carbocycles. The number of aromatic nitrogens is 5. The average molecular weight is 721 g/mol. The Kier molecular flexibility index (Phi) is 9.09. The second kappa shape index (κ2) is 13.8. The van der Waals surface area contributed by atoms with Gasteiger partial charge in [0.1, 0.15) is 18.2 Å². The maximum atomic E-state index is 14.2. The minimum Gasteiger partial charge on any atom is -0.473 e. The molecule has 51 heavy (non-hydrogen) atoms. The van der Waals surface area contributed by atoms with Gasteiger partial charge in [-0.25, -0.2) is 14.4 Å². The molecule has 1 amide bonds. The zero-order valence-electron chi connectivity index (χ0n) is 28.1. The number of benzene rings is 3. The number of rotatable bonds is 10. The number of anilines is 1. The number of hydrogen-bond acceptors (Lipinski definition) is 7. The monoisotopic (exact) mass is 720 g/mol. The Morgan fingerprint density at radius 2 is 1.98 bits per heavy atom. The Hall–Kier alpha value is -4.62. The van der Waals surface area contributed by atoms with E-state index < -0.39 is 11.0 Å². The summed E-state index contributed by atoms with van der Waals surface area (Å²) in [7, 11) is 3.86. The van der Waals surface area contributed by atoms with Gasteiger partial charge in [0.2, 0.25) is 5.88 Å². The van der Waals surface area contributed by atoms with Crippen molar-refractivity contribution in [1.82, 2.24) is 29.6 Å². The van der Waals surface area contributed by atoms with E-state index in [0.29, 0.717) is 47.4 Å². The van der Waals surface area contributed by atoms with Crippen molar-refractivity contribution in [3.63, 3.8) is 0 Å². The fourth-order valence-corrected chi connectivity index (χ4v) is 7.49. The summed E-state index contributed by atoms with van der Waals surface area (Å²) in [5, 5.41) is 11.0. The average Bonchev–Trinajstić information content (AvgIpc) is 3.72. The van der Waals surface area contributed by atoms with Crippen molar-refractivity contribution in [1.29, 1.82) is 0 Å². The molecule has 2 saturated heterocycles. The van der Waals surface area contributed by atoms with E-state index in [1.807, 2.05) is 49.4 Å². The van der Waals surface area contributed by atoms with Crippen molar-refractivity contribution in [3.8, 4) is 5.88 Å². The van der Waals surface area contributed by atoms with E-state index in [1.165, 1.54) is 6.07 Å². The van der Waals surface area contributed by atoms with Gasteiger partial charge in [-0.05, 0) is 93.4 Å². The van der Waals surface area contributed by atoms with Crippen molar-refractivity contribution in [3.05, 3.63) is 112 Å². The third-order valence-electron chi connectivity index (χ3n) is 9.90. The predicted molar refractivity (Wildman–Crippen MR) is 195 cm³/mol. The standard InChI is InChI=1S/C38H36ClFN7O3Si/c1-23-15-29(16-27-19-41-45-36(23)27)42-37(48)25-6-8-33-32(17-25)43-34(47(33)22-38(51)11-14-50-38)20-46-12-9-24(10-13-46)31-3-2-4-35(44-31)49-21-26-5-7-28(39)18-30(26)40/h2-8,15-19,24H,9-14,20-22H2,1H3,(H,41,45)(H,42,48)/t38-/m1/s1. The number of H-pyrrole nitrogens is 1. The maximum Gasteiger partial charge on any atom is 0.255 e. The number of aromatic amines is 1. The van der Waals surface area contributed by atoms with Crippen molar-refractivity contribution in [2.75, 3.05) is 25.0 Å². The number of likely N-dealkylation sites (tertiary alicyclic amines) is 1. The molecule has 0 spiro atoms. The van der Waals surface area contributed by atoms with E-state index in [0.717, 1.165) is 71.4 Å². The highest BCUT2D eigenvalue weighted by Crippen LogP contribution is 2.32. The lowest BCUT2D eigenvalue weighted by molar-refractivity contribution is -0.0947. The van der Waals surface area contributed by atoms with Crippen LogP contribution in [0.5, 0.6) is 5.88 Å². The van der Waals surface area contributed by atoms with Crippen LogP contribution < -0.4 is 10.1 Å². The minimum atomic E-state index is -0.437. The van der Waals surface area contributed by atoms with Crippen LogP contribution in [0.4, 0.5) is 10.1 Å². The summed E-state index contributed by atoms with van der Waals surface area (Å²) >= 11 is 5.89. The molecule has 0 aliphatic carbocycles. The number of nitrogens with one attached hydrogen (secondary N) is 2. The van der Waals surface area contributed by atoms with Crippen LogP contribution in [0.15, 0.2) is 72.9 Å². The van der Waals surface area contributed by atoms with Crippen molar-refractivity contribution in [2.24, 2.45) is 0 Å². The maximum absolute atomic E-state index is 14.2. The highest BCUT2D eigenvalue weighted by molar-refractivity contribution is 6.30. The Labute approximate surface area is 302 Å². The van der Waals surface area contributed by atoms with Crippen LogP contribution in [-0.2, 0) is 24.4 Å². The molecule has 3 aromatic heterocycles. The second-order valence-electron chi connectivity index (χ2n) is 13.5. The lowest BCUT2D eigenvalue weighted by atomic mass is 9.93. The number of amides is 1. The number of ether oxygens (including phenoxy) is 2. The number of carbonyl (C=O) groups is 1. The van der Waals surface area contributed by atoms with E-state index in [-0.39, 0.29) is 18.4 Å². The zero-order chi connectivity index (χ0) is 35.1. The van der Waals surface area contributed by atoms with Crippen LogP contribution in [-0.4, -0.2) is 70.7 Å². The Bertz CT molecular complexity index is 2250. The molecule has 2 fully saturated rings. The summed E-state index contributed by atoms with van der Waals surface area (Å²) in [6.45, 7) is 5.80. The summed E-state index contributed by atoms with van der Waals surface area (Å²) in [4.78, 5) is 25.7. The van der Waals surface area contributed by atoms with Gasteiger partial charge in [0.25, 0.3) is 5.91 Å². The van der Waals surface area contributed by atoms with Gasteiger partial charge in [-0.15, -0.1) is 0 Å². The number of fused-ring (bicyclic) bond motifs is 2. The number of pyridine rings is 1. The Morgan fingerprint density at radius 3 is 2.76 bits per heavy atom. The quantitative estimate of drug-likeness (QED) is 0.148. The molecule has 0 saturated carbocycles. The summed E-state index contributed by atoms with van der Waals surface area (Å²) in [6, 6.07) is 19.9. The number of aryl methyl sites for hydroxylation is 1. The summed E-state index contributed by atoms with van der Waals surface area (Å²) in [5.41, 5.74) is 6.34. The number of carbonyl (C=O) groups excluding carboxylic acids is 1. The van der Waals surface area contributed by atoms with Gasteiger partial charge in [0, 0.05) is 58.1 Å². The minimum absolute atomic E-state index is 0.0770. The number of halogens is 2.